The summed E-state index contributed by atoms with van der Waals surface area (Å²) in [5.41, 5.74) is 6.82. The van der Waals surface area contributed by atoms with Crippen LogP contribution in [-0.4, -0.2) is 9.97 Å². The third-order valence-electron chi connectivity index (χ3n) is 2.08. The van der Waals surface area contributed by atoms with E-state index in [0.717, 1.165) is 22.0 Å². The van der Waals surface area contributed by atoms with E-state index < -0.39 is 0 Å². The zero-order valence-corrected chi connectivity index (χ0v) is 9.37. The van der Waals surface area contributed by atoms with E-state index in [9.17, 15) is 0 Å². The van der Waals surface area contributed by atoms with Crippen LogP contribution in [0.25, 0.3) is 0 Å². The molecule has 15 heavy (non-hydrogen) atoms. The predicted octanol–water partition coefficient (Wildman–Crippen LogP) is 2.15. The molecule has 0 saturated carbocycles. The minimum Gasteiger partial charge on any atom is -0.323 e. The maximum atomic E-state index is 5.78. The third-order valence-corrected chi connectivity index (χ3v) is 3.28. The zero-order valence-electron chi connectivity index (χ0n) is 8.55. The lowest BCUT2D eigenvalue weighted by molar-refractivity contribution is 0.835. The molecule has 0 radical (unpaired) electrons. The van der Waals surface area contributed by atoms with Crippen molar-refractivity contribution in [2.24, 2.45) is 5.73 Å². The maximum Gasteiger partial charge on any atom is 0.0987 e. The smallest absolute Gasteiger partial charge is 0.0987 e. The molecule has 2 heterocycles. The first kappa shape index (κ1) is 10.3. The van der Waals surface area contributed by atoms with Gasteiger partial charge in [0, 0.05) is 35.4 Å². The Morgan fingerprint density at radius 3 is 2.87 bits per heavy atom. The second-order valence-corrected chi connectivity index (χ2v) is 4.59. The summed E-state index contributed by atoms with van der Waals surface area (Å²) in [5.74, 6) is 0. The minimum atomic E-state index is 0.0694. The molecule has 3 nitrogen and oxygen atoms in total. The van der Waals surface area contributed by atoms with Crippen molar-refractivity contribution in [3.05, 3.63) is 46.2 Å². The van der Waals surface area contributed by atoms with Crippen molar-refractivity contribution in [1.29, 1.82) is 0 Å². The van der Waals surface area contributed by atoms with Crippen molar-refractivity contribution in [1.82, 2.24) is 9.97 Å². The van der Waals surface area contributed by atoms with Crippen LogP contribution in [0.3, 0.4) is 0 Å². The summed E-state index contributed by atoms with van der Waals surface area (Å²) in [5, 5.41) is 1.07. The van der Waals surface area contributed by atoms with Crippen molar-refractivity contribution in [2.75, 3.05) is 0 Å². The van der Waals surface area contributed by atoms with Crippen LogP contribution in [0.2, 0.25) is 0 Å². The second kappa shape index (κ2) is 4.51. The van der Waals surface area contributed by atoms with Crippen LogP contribution < -0.4 is 5.73 Å². The van der Waals surface area contributed by atoms with Gasteiger partial charge in [0.25, 0.3) is 0 Å². The molecular formula is C11H13N3S. The lowest BCUT2D eigenvalue weighted by Crippen LogP contribution is -2.01. The molecule has 0 fully saturated rings. The first-order valence-electron chi connectivity index (χ1n) is 4.86. The largest absolute Gasteiger partial charge is 0.323 e. The average Bonchev–Trinajstić information content (AvgIpc) is 2.68. The summed E-state index contributed by atoms with van der Waals surface area (Å²) in [6.07, 6.45) is 4.45. The molecule has 0 aliphatic heterocycles. The number of rotatable bonds is 3. The van der Waals surface area contributed by atoms with Gasteiger partial charge in [0.2, 0.25) is 0 Å². The van der Waals surface area contributed by atoms with E-state index in [0.29, 0.717) is 0 Å². The van der Waals surface area contributed by atoms with E-state index in [2.05, 4.69) is 9.97 Å². The topological polar surface area (TPSA) is 51.8 Å². The Balaban J connectivity index is 2.12. The highest BCUT2D eigenvalue weighted by Crippen LogP contribution is 2.20. The molecule has 2 aromatic rings. The van der Waals surface area contributed by atoms with E-state index in [-0.39, 0.29) is 6.04 Å². The van der Waals surface area contributed by atoms with Crippen LogP contribution in [0.15, 0.2) is 30.6 Å². The van der Waals surface area contributed by atoms with Crippen LogP contribution >= 0.6 is 11.3 Å². The molecule has 2 N–H and O–H groups in total. The van der Waals surface area contributed by atoms with E-state index >= 15 is 0 Å². The van der Waals surface area contributed by atoms with Crippen LogP contribution in [0.4, 0.5) is 0 Å². The van der Waals surface area contributed by atoms with E-state index in [4.69, 9.17) is 5.73 Å². The maximum absolute atomic E-state index is 5.78. The predicted molar refractivity (Wildman–Crippen MR) is 61.8 cm³/mol. The molecule has 2 rings (SSSR count). The first-order chi connectivity index (χ1) is 7.25. The number of nitrogens with zero attached hydrogens (tertiary/aromatic N) is 2. The highest BCUT2D eigenvalue weighted by molar-refractivity contribution is 7.11. The Hall–Kier alpha value is -1.26. The van der Waals surface area contributed by atoms with Crippen LogP contribution in [0.1, 0.15) is 28.5 Å². The molecule has 78 valence electrons. The van der Waals surface area contributed by atoms with Crippen molar-refractivity contribution in [3.8, 4) is 0 Å². The molecule has 2 aromatic heterocycles. The molecule has 0 spiro atoms. The van der Waals surface area contributed by atoms with Gasteiger partial charge in [-0.3, -0.25) is 4.98 Å². The number of nitrogens with two attached hydrogens (primary N) is 1. The normalized spacial score (nSPS) is 12.7. The van der Waals surface area contributed by atoms with Crippen molar-refractivity contribution < 1.29 is 0 Å². The van der Waals surface area contributed by atoms with Gasteiger partial charge in [-0.2, -0.15) is 0 Å². The summed E-state index contributed by atoms with van der Waals surface area (Å²) in [6.45, 7) is 1.97. The summed E-state index contributed by atoms with van der Waals surface area (Å²) >= 11 is 1.66. The fraction of sp³-hybridized carbons (Fsp3) is 0.273. The van der Waals surface area contributed by atoms with E-state index in [1.807, 2.05) is 31.3 Å². The van der Waals surface area contributed by atoms with E-state index in [1.54, 1.807) is 17.5 Å². The molecule has 0 saturated heterocycles. The number of aromatic nitrogens is 2. The summed E-state index contributed by atoms with van der Waals surface area (Å²) < 4.78 is 0. The fourth-order valence-electron chi connectivity index (χ4n) is 1.27. The Morgan fingerprint density at radius 2 is 2.27 bits per heavy atom. The van der Waals surface area contributed by atoms with Gasteiger partial charge in [0.15, 0.2) is 0 Å². The van der Waals surface area contributed by atoms with Gasteiger partial charge in [-0.05, 0) is 19.1 Å². The third kappa shape index (κ3) is 2.61. The van der Waals surface area contributed by atoms with Gasteiger partial charge in [-0.1, -0.05) is 6.07 Å². The Bertz CT molecular complexity index is 422. The lowest BCUT2D eigenvalue weighted by Gasteiger charge is -1.97. The molecule has 0 aliphatic carbocycles. The highest BCUT2D eigenvalue weighted by Gasteiger charge is 2.06. The first-order valence-corrected chi connectivity index (χ1v) is 5.67. The van der Waals surface area contributed by atoms with Crippen molar-refractivity contribution in [3.63, 3.8) is 0 Å². The molecule has 0 aromatic carbocycles. The van der Waals surface area contributed by atoms with Gasteiger partial charge in [0.1, 0.15) is 0 Å². The van der Waals surface area contributed by atoms with E-state index in [1.165, 1.54) is 0 Å². The standard InChI is InChI=1S/C11H13N3S/c1-8(12)10-7-14-11(15-10)6-9-4-2-3-5-13-9/h2-5,7-8H,6,12H2,1H3. The van der Waals surface area contributed by atoms with Gasteiger partial charge in [0.05, 0.1) is 5.01 Å². The minimum absolute atomic E-state index is 0.0694. The Kier molecular flexibility index (Phi) is 3.08. The molecule has 4 heteroatoms. The van der Waals surface area contributed by atoms with Gasteiger partial charge in [-0.15, -0.1) is 11.3 Å². The number of thiazole rings is 1. The van der Waals surface area contributed by atoms with Crippen LogP contribution in [-0.2, 0) is 6.42 Å². The van der Waals surface area contributed by atoms with Gasteiger partial charge < -0.3 is 5.73 Å². The number of hydrogen-bond acceptors (Lipinski definition) is 4. The fourth-order valence-corrected chi connectivity index (χ4v) is 2.16. The van der Waals surface area contributed by atoms with Crippen molar-refractivity contribution >= 4 is 11.3 Å². The molecule has 1 unspecified atom stereocenters. The molecule has 0 amide bonds. The molecule has 1 atom stereocenters. The van der Waals surface area contributed by atoms with Gasteiger partial charge in [-0.25, -0.2) is 4.98 Å². The zero-order chi connectivity index (χ0) is 10.7. The monoisotopic (exact) mass is 219 g/mol. The lowest BCUT2D eigenvalue weighted by atomic mass is 10.3. The second-order valence-electron chi connectivity index (χ2n) is 3.44. The molecule has 0 bridgehead atoms. The average molecular weight is 219 g/mol. The highest BCUT2D eigenvalue weighted by atomic mass is 32.1. The van der Waals surface area contributed by atoms with Crippen LogP contribution in [0.5, 0.6) is 0 Å². The number of pyridine rings is 1. The molecular weight excluding hydrogens is 206 g/mol. The van der Waals surface area contributed by atoms with Crippen LogP contribution in [0, 0.1) is 0 Å². The quantitative estimate of drug-likeness (QED) is 0.860. The summed E-state index contributed by atoms with van der Waals surface area (Å²) in [6, 6.07) is 5.98. The van der Waals surface area contributed by atoms with Crippen molar-refractivity contribution in [2.45, 2.75) is 19.4 Å². The summed E-state index contributed by atoms with van der Waals surface area (Å²) in [4.78, 5) is 9.72. The Labute approximate surface area is 93.0 Å². The van der Waals surface area contributed by atoms with Gasteiger partial charge >= 0.3 is 0 Å². The Morgan fingerprint density at radius 1 is 1.40 bits per heavy atom. The number of hydrogen-bond donors (Lipinski definition) is 1. The summed E-state index contributed by atoms with van der Waals surface area (Å²) in [7, 11) is 0. The SMILES string of the molecule is CC(N)c1cnc(Cc2ccccn2)s1. The molecule has 0 aliphatic rings.